The molecule has 2 aliphatic rings. The Balaban J connectivity index is 1.21. The van der Waals surface area contributed by atoms with Gasteiger partial charge < -0.3 is 9.80 Å². The van der Waals surface area contributed by atoms with Gasteiger partial charge in [-0.05, 0) is 24.0 Å². The number of ketones is 1. The first-order chi connectivity index (χ1) is 18.2. The van der Waals surface area contributed by atoms with Gasteiger partial charge >= 0.3 is 0 Å². The van der Waals surface area contributed by atoms with Gasteiger partial charge in [-0.2, -0.15) is 0 Å². The maximum Gasteiger partial charge on any atom is 0.225 e. The molecular weight excluding hydrogens is 463 g/mol. The Bertz CT molecular complexity index is 1350. The highest BCUT2D eigenvalue weighted by Gasteiger charge is 2.33. The van der Waals surface area contributed by atoms with Crippen LogP contribution >= 0.6 is 0 Å². The van der Waals surface area contributed by atoms with Crippen molar-refractivity contribution < 1.29 is 14.1 Å². The maximum absolute atomic E-state index is 14.4. The zero-order chi connectivity index (χ0) is 25.2. The average Bonchev–Trinajstić information content (AvgIpc) is 2.95. The van der Waals surface area contributed by atoms with Crippen molar-refractivity contribution in [1.29, 1.82) is 0 Å². The zero-order valence-electron chi connectivity index (χ0n) is 20.7. The Morgan fingerprint density at radius 3 is 2.11 bits per heavy atom. The number of piperazine rings is 1. The molecule has 5 nitrogen and oxygen atoms in total. The van der Waals surface area contributed by atoms with Crippen LogP contribution in [0.2, 0.25) is 0 Å². The van der Waals surface area contributed by atoms with Gasteiger partial charge in [0.2, 0.25) is 5.95 Å². The summed E-state index contributed by atoms with van der Waals surface area (Å²) >= 11 is 0. The van der Waals surface area contributed by atoms with E-state index >= 15 is 0 Å². The van der Waals surface area contributed by atoms with Gasteiger partial charge in [-0.15, -0.1) is 0 Å². The molecular formula is C31H30FN4O+. The normalized spacial score (nSPS) is 18.2. The van der Waals surface area contributed by atoms with Crippen molar-refractivity contribution in [3.05, 3.63) is 125 Å². The zero-order valence-corrected chi connectivity index (χ0v) is 20.7. The van der Waals surface area contributed by atoms with Crippen LogP contribution < -0.4 is 9.80 Å². The second kappa shape index (κ2) is 10.2. The molecule has 37 heavy (non-hydrogen) atoms. The molecule has 3 aromatic carbocycles. The number of carbonyl (C=O) groups excluding carboxylic acids is 1. The number of anilines is 1. The van der Waals surface area contributed by atoms with E-state index in [9.17, 15) is 9.18 Å². The fraction of sp³-hybridized carbons (Fsp3) is 0.258. The van der Waals surface area contributed by atoms with Gasteiger partial charge in [0, 0.05) is 23.7 Å². The first kappa shape index (κ1) is 23.5. The first-order valence-electron chi connectivity index (χ1n) is 13.0. The van der Waals surface area contributed by atoms with E-state index in [4.69, 9.17) is 4.98 Å². The summed E-state index contributed by atoms with van der Waals surface area (Å²) in [5, 5.41) is 0. The van der Waals surface area contributed by atoms with E-state index in [-0.39, 0.29) is 23.6 Å². The summed E-state index contributed by atoms with van der Waals surface area (Å²) in [7, 11) is 0. The molecule has 2 heterocycles. The molecule has 1 fully saturated rings. The summed E-state index contributed by atoms with van der Waals surface area (Å²) in [6, 6.07) is 28.4. The largest absolute Gasteiger partial charge is 0.330 e. The molecule has 0 saturated carbocycles. The van der Waals surface area contributed by atoms with Crippen LogP contribution in [0.15, 0.2) is 91.1 Å². The lowest BCUT2D eigenvalue weighted by atomic mass is 9.82. The van der Waals surface area contributed by atoms with Crippen molar-refractivity contribution in [2.75, 3.05) is 31.1 Å². The van der Waals surface area contributed by atoms with E-state index < -0.39 is 0 Å². The van der Waals surface area contributed by atoms with Crippen molar-refractivity contribution in [2.45, 2.75) is 24.8 Å². The minimum absolute atomic E-state index is 0.0103. The summed E-state index contributed by atoms with van der Waals surface area (Å²) < 4.78 is 14.4. The third kappa shape index (κ3) is 4.77. The molecule has 0 spiro atoms. The number of hydrogen-bond acceptors (Lipinski definition) is 4. The summed E-state index contributed by atoms with van der Waals surface area (Å²) in [6.45, 7) is 3.56. The summed E-state index contributed by atoms with van der Waals surface area (Å²) in [5.41, 5.74) is 4.54. The molecule has 1 atom stereocenters. The number of fused-ring (bicyclic) bond motifs is 1. The van der Waals surface area contributed by atoms with Gasteiger partial charge in [0.25, 0.3) is 0 Å². The van der Waals surface area contributed by atoms with E-state index in [2.05, 4.69) is 70.5 Å². The quantitative estimate of drug-likeness (QED) is 0.456. The van der Waals surface area contributed by atoms with Crippen molar-refractivity contribution in [3.8, 4) is 0 Å². The smallest absolute Gasteiger partial charge is 0.225 e. The van der Waals surface area contributed by atoms with Gasteiger partial charge in [-0.3, -0.25) is 4.79 Å². The molecule has 1 aromatic heterocycles. The lowest BCUT2D eigenvalue weighted by molar-refractivity contribution is -0.926. The van der Waals surface area contributed by atoms with Gasteiger partial charge in [0.15, 0.2) is 5.78 Å². The lowest BCUT2D eigenvalue weighted by Crippen LogP contribution is -3.15. The molecule has 6 heteroatoms. The summed E-state index contributed by atoms with van der Waals surface area (Å²) in [5.74, 6) is 0.200. The molecule has 1 N–H and O–H groups in total. The van der Waals surface area contributed by atoms with Crippen LogP contribution in [-0.2, 0) is 6.42 Å². The molecule has 0 amide bonds. The Morgan fingerprint density at radius 1 is 0.838 bits per heavy atom. The number of benzene rings is 3. The molecule has 0 radical (unpaired) electrons. The van der Waals surface area contributed by atoms with Gasteiger partial charge in [0.1, 0.15) is 11.9 Å². The predicted octanol–water partition coefficient (Wildman–Crippen LogP) is 4.02. The van der Waals surface area contributed by atoms with Crippen LogP contribution in [0.25, 0.3) is 0 Å². The number of quaternary nitrogens is 1. The minimum Gasteiger partial charge on any atom is -0.330 e. The van der Waals surface area contributed by atoms with E-state index in [1.807, 2.05) is 6.07 Å². The third-order valence-electron chi connectivity index (χ3n) is 7.73. The number of nitrogens with one attached hydrogen (secondary N) is 1. The van der Waals surface area contributed by atoms with Crippen molar-refractivity contribution in [2.24, 2.45) is 0 Å². The average molecular weight is 494 g/mol. The molecule has 4 aromatic rings. The predicted molar refractivity (Wildman–Crippen MR) is 141 cm³/mol. The van der Waals surface area contributed by atoms with Crippen LogP contribution in [0, 0.1) is 5.82 Å². The fourth-order valence-corrected chi connectivity index (χ4v) is 5.85. The van der Waals surface area contributed by atoms with E-state index in [1.165, 1.54) is 22.1 Å². The van der Waals surface area contributed by atoms with Crippen molar-refractivity contribution >= 4 is 11.7 Å². The highest BCUT2D eigenvalue weighted by molar-refractivity contribution is 5.98. The van der Waals surface area contributed by atoms with Crippen LogP contribution in [-0.4, -0.2) is 41.9 Å². The van der Waals surface area contributed by atoms with E-state index in [1.54, 1.807) is 18.3 Å². The summed E-state index contributed by atoms with van der Waals surface area (Å²) in [4.78, 5) is 26.0. The fourth-order valence-electron chi connectivity index (χ4n) is 5.85. The number of hydrogen-bond donors (Lipinski definition) is 1. The number of carbonyl (C=O) groups is 1. The molecule has 6 rings (SSSR count). The Labute approximate surface area is 216 Å². The monoisotopic (exact) mass is 493 g/mol. The Hall–Kier alpha value is -3.90. The molecule has 186 valence electrons. The highest BCUT2D eigenvalue weighted by Crippen LogP contribution is 2.33. The molecule has 0 unspecified atom stereocenters. The van der Waals surface area contributed by atoms with Crippen LogP contribution in [0.1, 0.15) is 51.1 Å². The maximum atomic E-state index is 14.4. The third-order valence-corrected chi connectivity index (χ3v) is 7.73. The standard InChI is InChI=1S/C31H29FN4O/c32-27-14-8-7-13-25(27)24-19-28-26(29(37)20-24)21-33-31(34-28)36-17-15-35(16-18-36)30(22-9-3-1-4-10-22)23-11-5-2-6-12-23/h1-14,21,24,30H,15-20H2/p+1/t24-/m1/s1. The van der Waals surface area contributed by atoms with E-state index in [0.29, 0.717) is 29.9 Å². The van der Waals surface area contributed by atoms with Crippen LogP contribution in [0.5, 0.6) is 0 Å². The number of nitrogens with zero attached hydrogens (tertiary/aromatic N) is 3. The lowest BCUT2D eigenvalue weighted by Gasteiger charge is -2.37. The van der Waals surface area contributed by atoms with Crippen LogP contribution in [0.4, 0.5) is 10.3 Å². The highest BCUT2D eigenvalue weighted by atomic mass is 19.1. The molecule has 1 saturated heterocycles. The van der Waals surface area contributed by atoms with E-state index in [0.717, 1.165) is 31.9 Å². The number of halogens is 1. The second-order valence-electron chi connectivity index (χ2n) is 9.98. The number of aromatic nitrogens is 2. The van der Waals surface area contributed by atoms with Gasteiger partial charge in [-0.25, -0.2) is 14.4 Å². The van der Waals surface area contributed by atoms with Crippen molar-refractivity contribution in [1.82, 2.24) is 9.97 Å². The first-order valence-corrected chi connectivity index (χ1v) is 13.0. The second-order valence-corrected chi connectivity index (χ2v) is 9.98. The Morgan fingerprint density at radius 2 is 1.46 bits per heavy atom. The van der Waals surface area contributed by atoms with Gasteiger partial charge in [0.05, 0.1) is 37.4 Å². The van der Waals surface area contributed by atoms with Crippen molar-refractivity contribution in [3.63, 3.8) is 0 Å². The summed E-state index contributed by atoms with van der Waals surface area (Å²) in [6.07, 6.45) is 2.51. The minimum atomic E-state index is -0.261. The molecule has 0 bridgehead atoms. The van der Waals surface area contributed by atoms with Gasteiger partial charge in [-0.1, -0.05) is 78.9 Å². The topological polar surface area (TPSA) is 50.5 Å². The molecule has 1 aliphatic heterocycles. The Kier molecular flexibility index (Phi) is 6.49. The number of Topliss-reactive ketones (excluding diaryl/α,β-unsaturated/α-hetero) is 1. The number of rotatable bonds is 5. The van der Waals surface area contributed by atoms with Crippen LogP contribution in [0.3, 0.4) is 0 Å². The molecule has 1 aliphatic carbocycles. The SMILES string of the molecule is O=C1C[C@H](c2ccccc2F)Cc2nc(N3CC[NH+](C(c4ccccc4)c4ccccc4)CC3)ncc21.